The van der Waals surface area contributed by atoms with Crippen LogP contribution < -0.4 is 4.74 Å². The molecule has 1 N–H and O–H groups in total. The third-order valence-corrected chi connectivity index (χ3v) is 4.07. The maximum absolute atomic E-state index is 12.3. The summed E-state index contributed by atoms with van der Waals surface area (Å²) in [5.41, 5.74) is 2.54. The van der Waals surface area contributed by atoms with E-state index in [1.807, 2.05) is 50.6 Å². The van der Waals surface area contributed by atoms with Crippen LogP contribution in [0.25, 0.3) is 11.1 Å². The van der Waals surface area contributed by atoms with Crippen LogP contribution in [0.5, 0.6) is 5.75 Å². The van der Waals surface area contributed by atoms with Crippen LogP contribution in [0.1, 0.15) is 17.4 Å². The van der Waals surface area contributed by atoms with Gasteiger partial charge in [-0.15, -0.1) is 0 Å². The first-order chi connectivity index (χ1) is 12.0. The van der Waals surface area contributed by atoms with Gasteiger partial charge in [0, 0.05) is 25.9 Å². The highest BCUT2D eigenvalue weighted by Gasteiger charge is 2.19. The van der Waals surface area contributed by atoms with E-state index in [9.17, 15) is 4.79 Å². The molecule has 0 aliphatic rings. The molecule has 0 bridgehead atoms. The molecular weight excluding hydrogens is 318 g/mol. The molecule has 0 fully saturated rings. The maximum atomic E-state index is 12.3. The first-order valence-corrected chi connectivity index (χ1v) is 8.02. The number of aromatic nitrogens is 4. The number of aryl methyl sites for hydroxylation is 1. The summed E-state index contributed by atoms with van der Waals surface area (Å²) in [6.45, 7) is 2.34. The molecule has 0 aliphatic carbocycles. The number of rotatable bonds is 6. The van der Waals surface area contributed by atoms with Crippen LogP contribution in [0.15, 0.2) is 49.2 Å². The Balaban J connectivity index is 1.62. The van der Waals surface area contributed by atoms with Crippen molar-refractivity contribution in [2.24, 2.45) is 7.05 Å². The molecule has 130 valence electrons. The lowest BCUT2D eigenvalue weighted by Gasteiger charge is -2.24. The molecular formula is C18H21N5O2. The number of nitrogens with zero attached hydrogens (tertiary/aromatic N) is 4. The average molecular weight is 339 g/mol. The van der Waals surface area contributed by atoms with E-state index in [2.05, 4.69) is 15.1 Å². The van der Waals surface area contributed by atoms with Crippen LogP contribution >= 0.6 is 0 Å². The number of carbonyl (C=O) groups is 1. The van der Waals surface area contributed by atoms with Crippen molar-refractivity contribution in [3.8, 4) is 16.9 Å². The molecule has 25 heavy (non-hydrogen) atoms. The Kier molecular flexibility index (Phi) is 4.83. The highest BCUT2D eigenvalue weighted by molar-refractivity contribution is 5.92. The summed E-state index contributed by atoms with van der Waals surface area (Å²) in [4.78, 5) is 20.6. The van der Waals surface area contributed by atoms with Gasteiger partial charge >= 0.3 is 0 Å². The fraction of sp³-hybridized carbons (Fsp3) is 0.278. The van der Waals surface area contributed by atoms with Gasteiger partial charge in [0.2, 0.25) is 0 Å². The maximum Gasteiger partial charge on any atom is 0.272 e. The van der Waals surface area contributed by atoms with Crippen molar-refractivity contribution in [3.05, 3.63) is 54.9 Å². The molecule has 0 saturated heterocycles. The number of ether oxygens (including phenoxy) is 1. The number of amides is 1. The van der Waals surface area contributed by atoms with Gasteiger partial charge in [0.1, 0.15) is 18.1 Å². The number of H-pyrrole nitrogens is 1. The third-order valence-electron chi connectivity index (χ3n) is 4.07. The van der Waals surface area contributed by atoms with Gasteiger partial charge in [-0.25, -0.2) is 4.98 Å². The van der Waals surface area contributed by atoms with E-state index in [1.165, 1.54) is 12.5 Å². The molecule has 7 nitrogen and oxygen atoms in total. The number of likely N-dealkylation sites (N-methyl/N-ethyl adjacent to an activating group) is 1. The van der Waals surface area contributed by atoms with E-state index in [0.29, 0.717) is 12.3 Å². The van der Waals surface area contributed by atoms with Gasteiger partial charge in [-0.2, -0.15) is 5.10 Å². The zero-order valence-electron chi connectivity index (χ0n) is 14.5. The summed E-state index contributed by atoms with van der Waals surface area (Å²) in [7, 11) is 3.64. The standard InChI is InChI=1S/C18H21N5O2/c1-13(23(3)18(24)17-9-19-12-20-17)11-25-16-6-4-5-14(7-16)15-8-21-22(2)10-15/h4-10,12-13H,11H2,1-3H3,(H,19,20). The summed E-state index contributed by atoms with van der Waals surface area (Å²) in [6.07, 6.45) is 6.78. The van der Waals surface area contributed by atoms with Gasteiger partial charge < -0.3 is 14.6 Å². The molecule has 1 unspecified atom stereocenters. The molecule has 0 spiro atoms. The van der Waals surface area contributed by atoms with Crippen molar-refractivity contribution in [1.29, 1.82) is 0 Å². The summed E-state index contributed by atoms with van der Waals surface area (Å²) < 4.78 is 7.64. The van der Waals surface area contributed by atoms with Gasteiger partial charge in [-0.05, 0) is 24.6 Å². The Hall–Kier alpha value is -3.09. The Morgan fingerprint density at radius 1 is 1.36 bits per heavy atom. The van der Waals surface area contributed by atoms with Crippen molar-refractivity contribution < 1.29 is 9.53 Å². The van der Waals surface area contributed by atoms with Crippen molar-refractivity contribution in [2.45, 2.75) is 13.0 Å². The lowest BCUT2D eigenvalue weighted by atomic mass is 10.1. The molecule has 0 radical (unpaired) electrons. The third kappa shape index (κ3) is 3.88. The van der Waals surface area contributed by atoms with Crippen LogP contribution in [0.3, 0.4) is 0 Å². The van der Waals surface area contributed by atoms with Crippen LogP contribution in [0.4, 0.5) is 0 Å². The van der Waals surface area contributed by atoms with Crippen molar-refractivity contribution in [2.75, 3.05) is 13.7 Å². The fourth-order valence-electron chi connectivity index (χ4n) is 2.43. The monoisotopic (exact) mass is 339 g/mol. The fourth-order valence-corrected chi connectivity index (χ4v) is 2.43. The van der Waals surface area contributed by atoms with E-state index < -0.39 is 0 Å². The Morgan fingerprint density at radius 3 is 2.88 bits per heavy atom. The minimum Gasteiger partial charge on any atom is -0.491 e. The number of carbonyl (C=O) groups excluding carboxylic acids is 1. The van der Waals surface area contributed by atoms with E-state index in [-0.39, 0.29) is 11.9 Å². The van der Waals surface area contributed by atoms with Gasteiger partial charge in [-0.3, -0.25) is 9.48 Å². The Labute approximate surface area is 146 Å². The van der Waals surface area contributed by atoms with Crippen LogP contribution in [-0.4, -0.2) is 50.3 Å². The van der Waals surface area contributed by atoms with Gasteiger partial charge in [0.15, 0.2) is 0 Å². The smallest absolute Gasteiger partial charge is 0.272 e. The lowest BCUT2D eigenvalue weighted by Crippen LogP contribution is -2.39. The Morgan fingerprint density at radius 2 is 2.20 bits per heavy atom. The lowest BCUT2D eigenvalue weighted by molar-refractivity contribution is 0.0691. The summed E-state index contributed by atoms with van der Waals surface area (Å²) in [6, 6.07) is 7.75. The number of imidazole rings is 1. The number of hydrogen-bond acceptors (Lipinski definition) is 4. The molecule has 3 aromatic rings. The molecule has 3 rings (SSSR count). The molecule has 0 aliphatic heterocycles. The predicted molar refractivity (Wildman–Crippen MR) is 94.3 cm³/mol. The summed E-state index contributed by atoms with van der Waals surface area (Å²) in [5.74, 6) is 0.647. The average Bonchev–Trinajstić information content (AvgIpc) is 3.30. The largest absolute Gasteiger partial charge is 0.491 e. The summed E-state index contributed by atoms with van der Waals surface area (Å²) in [5, 5.41) is 4.19. The van der Waals surface area contributed by atoms with Crippen molar-refractivity contribution in [1.82, 2.24) is 24.6 Å². The number of hydrogen-bond donors (Lipinski definition) is 1. The molecule has 7 heteroatoms. The second-order valence-corrected chi connectivity index (χ2v) is 5.97. The van der Waals surface area contributed by atoms with Crippen LogP contribution in [0.2, 0.25) is 0 Å². The van der Waals surface area contributed by atoms with Crippen LogP contribution in [-0.2, 0) is 7.05 Å². The van der Waals surface area contributed by atoms with E-state index in [4.69, 9.17) is 4.74 Å². The summed E-state index contributed by atoms with van der Waals surface area (Å²) >= 11 is 0. The Bertz CT molecular complexity index is 841. The molecule has 2 heterocycles. The van der Waals surface area contributed by atoms with E-state index in [0.717, 1.165) is 16.9 Å². The molecule has 1 aromatic carbocycles. The zero-order valence-corrected chi connectivity index (χ0v) is 14.5. The molecule has 2 aromatic heterocycles. The van der Waals surface area contributed by atoms with Crippen molar-refractivity contribution in [3.63, 3.8) is 0 Å². The van der Waals surface area contributed by atoms with E-state index in [1.54, 1.807) is 16.6 Å². The number of nitrogens with one attached hydrogen (secondary N) is 1. The topological polar surface area (TPSA) is 76.0 Å². The first-order valence-electron chi connectivity index (χ1n) is 8.02. The minimum absolute atomic E-state index is 0.0853. The van der Waals surface area contributed by atoms with Crippen molar-refractivity contribution >= 4 is 5.91 Å². The quantitative estimate of drug-likeness (QED) is 0.748. The minimum atomic E-state index is -0.113. The normalized spacial score (nSPS) is 12.0. The molecule has 1 amide bonds. The predicted octanol–water partition coefficient (Wildman–Crippen LogP) is 2.35. The zero-order chi connectivity index (χ0) is 17.8. The highest BCUT2D eigenvalue weighted by Crippen LogP contribution is 2.23. The number of aromatic amines is 1. The molecule has 1 atom stereocenters. The second-order valence-electron chi connectivity index (χ2n) is 5.97. The van der Waals surface area contributed by atoms with Gasteiger partial charge in [0.25, 0.3) is 5.91 Å². The second kappa shape index (κ2) is 7.21. The molecule has 0 saturated carbocycles. The van der Waals surface area contributed by atoms with Gasteiger partial charge in [-0.1, -0.05) is 12.1 Å². The van der Waals surface area contributed by atoms with Crippen LogP contribution in [0, 0.1) is 0 Å². The highest BCUT2D eigenvalue weighted by atomic mass is 16.5. The van der Waals surface area contributed by atoms with Gasteiger partial charge in [0.05, 0.1) is 24.8 Å². The number of benzene rings is 1. The first kappa shape index (κ1) is 16.8. The van der Waals surface area contributed by atoms with E-state index >= 15 is 0 Å². The SMILES string of the molecule is CC(COc1cccc(-c2cnn(C)c2)c1)N(C)C(=O)c1cnc[nH]1.